The first-order valence-corrected chi connectivity index (χ1v) is 5.46. The number of aromatic amines is 1. The molecule has 1 heterocycles. The van der Waals surface area contributed by atoms with Crippen LogP contribution >= 0.6 is 0 Å². The minimum absolute atomic E-state index is 0.141. The summed E-state index contributed by atoms with van der Waals surface area (Å²) >= 11 is 0. The Morgan fingerprint density at radius 2 is 1.94 bits per heavy atom. The van der Waals surface area contributed by atoms with Crippen LogP contribution in [0.25, 0.3) is 10.9 Å². The van der Waals surface area contributed by atoms with Gasteiger partial charge in [-0.15, -0.1) is 0 Å². The van der Waals surface area contributed by atoms with Crippen LogP contribution in [0, 0.1) is 18.3 Å². The molecule has 1 aromatic carbocycles. The van der Waals surface area contributed by atoms with E-state index in [0.717, 1.165) is 10.9 Å². The summed E-state index contributed by atoms with van der Waals surface area (Å²) in [5, 5.41) is 10.0. The maximum atomic E-state index is 8.88. The summed E-state index contributed by atoms with van der Waals surface area (Å²) in [5.41, 5.74) is 4.42. The van der Waals surface area contributed by atoms with E-state index in [1.807, 2.05) is 6.07 Å². The summed E-state index contributed by atoms with van der Waals surface area (Å²) in [5.74, 6) is 0. The molecule has 2 nitrogen and oxygen atoms in total. The third-order valence-corrected chi connectivity index (χ3v) is 3.00. The Labute approximate surface area is 95.9 Å². The van der Waals surface area contributed by atoms with Crippen molar-refractivity contribution in [3.63, 3.8) is 0 Å². The molecule has 0 amide bonds. The minimum Gasteiger partial charge on any atom is -0.346 e. The zero-order chi connectivity index (χ0) is 11.9. The van der Waals surface area contributed by atoms with E-state index in [9.17, 15) is 0 Å². The van der Waals surface area contributed by atoms with E-state index in [1.165, 1.54) is 11.1 Å². The Hall–Kier alpha value is -1.75. The lowest BCUT2D eigenvalue weighted by Crippen LogP contribution is -2.12. The largest absolute Gasteiger partial charge is 0.346 e. The van der Waals surface area contributed by atoms with Crippen molar-refractivity contribution < 1.29 is 0 Å². The zero-order valence-electron chi connectivity index (χ0n) is 10.2. The van der Waals surface area contributed by atoms with Gasteiger partial charge in [0, 0.05) is 10.9 Å². The summed E-state index contributed by atoms with van der Waals surface area (Å²) in [6.07, 6.45) is 0. The van der Waals surface area contributed by atoms with E-state index in [4.69, 9.17) is 5.26 Å². The molecule has 0 aliphatic rings. The van der Waals surface area contributed by atoms with Gasteiger partial charge < -0.3 is 4.98 Å². The van der Waals surface area contributed by atoms with Crippen LogP contribution in [0.5, 0.6) is 0 Å². The maximum absolute atomic E-state index is 8.88. The van der Waals surface area contributed by atoms with Crippen LogP contribution in [0.4, 0.5) is 0 Å². The molecule has 1 aromatic heterocycles. The molecule has 16 heavy (non-hydrogen) atoms. The predicted molar refractivity (Wildman–Crippen MR) is 66.5 cm³/mol. The summed E-state index contributed by atoms with van der Waals surface area (Å²) in [4.78, 5) is 3.10. The number of hydrogen-bond donors (Lipinski definition) is 1. The van der Waals surface area contributed by atoms with Crippen molar-refractivity contribution in [1.29, 1.82) is 5.26 Å². The van der Waals surface area contributed by atoms with Crippen molar-refractivity contribution in [2.75, 3.05) is 0 Å². The highest BCUT2D eigenvalue weighted by Crippen LogP contribution is 2.30. The fraction of sp³-hybridized carbons (Fsp3) is 0.357. The van der Waals surface area contributed by atoms with E-state index in [1.54, 1.807) is 0 Å². The van der Waals surface area contributed by atoms with Crippen LogP contribution in [0.2, 0.25) is 0 Å². The molecule has 0 unspecified atom stereocenters. The molecule has 0 bridgehead atoms. The molecule has 2 aromatic rings. The summed E-state index contributed by atoms with van der Waals surface area (Å²) < 4.78 is 0. The van der Waals surface area contributed by atoms with Crippen molar-refractivity contribution in [3.8, 4) is 6.07 Å². The number of nitrogens with one attached hydrogen (secondary N) is 1. The van der Waals surface area contributed by atoms with Gasteiger partial charge in [-0.2, -0.15) is 5.26 Å². The van der Waals surface area contributed by atoms with E-state index in [0.29, 0.717) is 5.69 Å². The number of aryl methyl sites for hydroxylation is 1. The minimum atomic E-state index is 0.141. The molecule has 0 spiro atoms. The molecule has 1 N–H and O–H groups in total. The van der Waals surface area contributed by atoms with Crippen molar-refractivity contribution in [2.24, 2.45) is 0 Å². The maximum Gasteiger partial charge on any atom is 0.118 e. The van der Waals surface area contributed by atoms with Crippen LogP contribution in [0.15, 0.2) is 18.2 Å². The smallest absolute Gasteiger partial charge is 0.118 e. The van der Waals surface area contributed by atoms with Crippen molar-refractivity contribution in [2.45, 2.75) is 33.1 Å². The number of nitrogens with zero attached hydrogens (tertiary/aromatic N) is 1. The van der Waals surface area contributed by atoms with Gasteiger partial charge >= 0.3 is 0 Å². The highest BCUT2D eigenvalue weighted by atomic mass is 14.7. The molecule has 2 heteroatoms. The molecule has 0 radical (unpaired) electrons. The quantitative estimate of drug-likeness (QED) is 0.711. The normalized spacial score (nSPS) is 11.7. The average molecular weight is 212 g/mol. The number of nitriles is 1. The van der Waals surface area contributed by atoms with Crippen LogP contribution < -0.4 is 0 Å². The molecular weight excluding hydrogens is 196 g/mol. The van der Waals surface area contributed by atoms with Gasteiger partial charge in [-0.25, -0.2) is 0 Å². The molecule has 0 aliphatic carbocycles. The van der Waals surface area contributed by atoms with Crippen molar-refractivity contribution in [1.82, 2.24) is 4.98 Å². The molecular formula is C14H16N2. The number of fused-ring (bicyclic) bond motifs is 1. The van der Waals surface area contributed by atoms with Gasteiger partial charge in [0.1, 0.15) is 11.8 Å². The van der Waals surface area contributed by atoms with Crippen LogP contribution in [0.1, 0.15) is 37.6 Å². The van der Waals surface area contributed by atoms with Crippen LogP contribution in [-0.2, 0) is 5.41 Å². The summed E-state index contributed by atoms with van der Waals surface area (Å²) in [6.45, 7) is 8.75. The summed E-state index contributed by atoms with van der Waals surface area (Å²) in [6, 6.07) is 8.28. The van der Waals surface area contributed by atoms with Gasteiger partial charge in [-0.05, 0) is 35.6 Å². The molecule has 2 rings (SSSR count). The van der Waals surface area contributed by atoms with Gasteiger partial charge in [0.25, 0.3) is 0 Å². The van der Waals surface area contributed by atoms with E-state index >= 15 is 0 Å². The van der Waals surface area contributed by atoms with Crippen molar-refractivity contribution >= 4 is 10.9 Å². The third-order valence-electron chi connectivity index (χ3n) is 3.00. The Kier molecular flexibility index (Phi) is 2.27. The highest BCUT2D eigenvalue weighted by Gasteiger charge is 2.18. The van der Waals surface area contributed by atoms with Gasteiger partial charge in [0.15, 0.2) is 0 Å². The van der Waals surface area contributed by atoms with E-state index < -0.39 is 0 Å². The zero-order valence-corrected chi connectivity index (χ0v) is 10.2. The fourth-order valence-electron chi connectivity index (χ4n) is 2.22. The molecule has 0 aliphatic heterocycles. The molecule has 0 fully saturated rings. The van der Waals surface area contributed by atoms with E-state index in [2.05, 4.69) is 50.9 Å². The number of benzene rings is 1. The van der Waals surface area contributed by atoms with Gasteiger partial charge in [0.05, 0.1) is 0 Å². The first kappa shape index (κ1) is 10.8. The molecule has 0 saturated carbocycles. The third kappa shape index (κ3) is 1.59. The van der Waals surface area contributed by atoms with Gasteiger partial charge in [-0.1, -0.05) is 26.8 Å². The SMILES string of the molecule is Cc1c(C(C)(C)C)ccc2[nH]c(C#N)cc12. The monoisotopic (exact) mass is 212 g/mol. The lowest BCUT2D eigenvalue weighted by molar-refractivity contribution is 0.587. The lowest BCUT2D eigenvalue weighted by atomic mass is 9.83. The van der Waals surface area contributed by atoms with Crippen LogP contribution in [-0.4, -0.2) is 4.98 Å². The molecule has 82 valence electrons. The topological polar surface area (TPSA) is 39.6 Å². The Morgan fingerprint density at radius 1 is 1.25 bits per heavy atom. The Balaban J connectivity index is 2.75. The number of aromatic nitrogens is 1. The average Bonchev–Trinajstić information content (AvgIpc) is 2.60. The number of H-pyrrole nitrogens is 1. The second kappa shape index (κ2) is 3.38. The second-order valence-corrected chi connectivity index (χ2v) is 5.24. The molecule has 0 saturated heterocycles. The highest BCUT2D eigenvalue weighted by molar-refractivity contribution is 5.86. The fourth-order valence-corrected chi connectivity index (χ4v) is 2.22. The van der Waals surface area contributed by atoms with Gasteiger partial charge in [0.2, 0.25) is 0 Å². The first-order chi connectivity index (χ1) is 7.43. The standard InChI is InChI=1S/C14H16N2/c1-9-11-7-10(8-15)16-13(11)6-5-12(9)14(2,3)4/h5-7,16H,1-4H3. The van der Waals surface area contributed by atoms with E-state index in [-0.39, 0.29) is 5.41 Å². The predicted octanol–water partition coefficient (Wildman–Crippen LogP) is 3.65. The van der Waals surface area contributed by atoms with Gasteiger partial charge in [-0.3, -0.25) is 0 Å². The van der Waals surface area contributed by atoms with Crippen LogP contribution in [0.3, 0.4) is 0 Å². The second-order valence-electron chi connectivity index (χ2n) is 5.24. The lowest BCUT2D eigenvalue weighted by Gasteiger charge is -2.21. The summed E-state index contributed by atoms with van der Waals surface area (Å²) in [7, 11) is 0. The first-order valence-electron chi connectivity index (χ1n) is 5.46. The molecule has 0 atom stereocenters. The number of rotatable bonds is 0. The Morgan fingerprint density at radius 3 is 2.50 bits per heavy atom. The number of hydrogen-bond acceptors (Lipinski definition) is 1. The Bertz CT molecular complexity index is 577. The van der Waals surface area contributed by atoms with Crippen molar-refractivity contribution in [3.05, 3.63) is 35.0 Å².